The number of para-hydroxylation sites is 1. The summed E-state index contributed by atoms with van der Waals surface area (Å²) >= 11 is 5.66. The Morgan fingerprint density at radius 1 is 0.931 bits per heavy atom. The van der Waals surface area contributed by atoms with Gasteiger partial charge in [0.1, 0.15) is 11.6 Å². The van der Waals surface area contributed by atoms with Crippen LogP contribution in [0, 0.1) is 5.82 Å². The highest BCUT2D eigenvalue weighted by Gasteiger charge is 2.12. The van der Waals surface area contributed by atoms with Crippen molar-refractivity contribution >= 4 is 29.2 Å². The molecular formula is C22H17ClFNO4. The summed E-state index contributed by atoms with van der Waals surface area (Å²) in [6.45, 7) is -0.934. The molecule has 3 rings (SSSR count). The molecule has 1 N–H and O–H groups in total. The zero-order chi connectivity index (χ0) is 20.6. The highest BCUT2D eigenvalue weighted by molar-refractivity contribution is 6.30. The minimum Gasteiger partial charge on any atom is -0.481 e. The van der Waals surface area contributed by atoms with E-state index in [-0.39, 0.29) is 17.3 Å². The third-order valence-electron chi connectivity index (χ3n) is 3.89. The predicted octanol–water partition coefficient (Wildman–Crippen LogP) is 4.71. The number of esters is 1. The summed E-state index contributed by atoms with van der Waals surface area (Å²) in [6.07, 6.45) is 0. The van der Waals surface area contributed by atoms with E-state index in [4.69, 9.17) is 21.1 Å². The van der Waals surface area contributed by atoms with E-state index < -0.39 is 24.3 Å². The van der Waals surface area contributed by atoms with Crippen LogP contribution in [-0.2, 0) is 14.3 Å². The Morgan fingerprint density at radius 2 is 1.66 bits per heavy atom. The summed E-state index contributed by atoms with van der Waals surface area (Å²) < 4.78 is 24.1. The lowest BCUT2D eigenvalue weighted by molar-refractivity contribution is -0.149. The van der Waals surface area contributed by atoms with Crippen molar-refractivity contribution < 1.29 is 23.5 Å². The zero-order valence-electron chi connectivity index (χ0n) is 15.2. The number of nitrogens with one attached hydrogen (secondary N) is 1. The molecule has 0 unspecified atom stereocenters. The summed E-state index contributed by atoms with van der Waals surface area (Å²) in [7, 11) is 0. The second-order valence-corrected chi connectivity index (χ2v) is 6.42. The summed E-state index contributed by atoms with van der Waals surface area (Å²) in [5.74, 6) is -1.56. The average Bonchev–Trinajstić information content (AvgIpc) is 2.73. The molecule has 0 saturated heterocycles. The maximum atomic E-state index is 13.7. The molecule has 1 amide bonds. The third kappa shape index (κ3) is 5.80. The molecule has 0 aromatic heterocycles. The first-order valence-corrected chi connectivity index (χ1v) is 9.08. The average molecular weight is 414 g/mol. The summed E-state index contributed by atoms with van der Waals surface area (Å²) in [4.78, 5) is 23.8. The molecule has 0 aliphatic carbocycles. The minimum absolute atomic E-state index is 0.0523. The van der Waals surface area contributed by atoms with Crippen molar-refractivity contribution in [3.8, 4) is 16.9 Å². The Kier molecular flexibility index (Phi) is 6.81. The van der Waals surface area contributed by atoms with Gasteiger partial charge in [-0.1, -0.05) is 60.1 Å². The maximum absolute atomic E-state index is 13.7. The topological polar surface area (TPSA) is 64.6 Å². The highest BCUT2D eigenvalue weighted by atomic mass is 35.5. The fourth-order valence-corrected chi connectivity index (χ4v) is 2.71. The first kappa shape index (κ1) is 20.4. The number of hydrogen-bond donors (Lipinski definition) is 1. The first-order valence-electron chi connectivity index (χ1n) is 8.70. The number of anilines is 1. The molecule has 7 heteroatoms. The number of carbonyl (C=O) groups is 2. The van der Waals surface area contributed by atoms with E-state index in [1.807, 2.05) is 42.5 Å². The molecule has 148 valence electrons. The fourth-order valence-electron chi connectivity index (χ4n) is 2.55. The van der Waals surface area contributed by atoms with Gasteiger partial charge in [-0.2, -0.15) is 0 Å². The van der Waals surface area contributed by atoms with E-state index in [2.05, 4.69) is 5.32 Å². The van der Waals surface area contributed by atoms with E-state index in [9.17, 15) is 14.0 Å². The summed E-state index contributed by atoms with van der Waals surface area (Å²) in [6, 6.07) is 20.7. The smallest absolute Gasteiger partial charge is 0.344 e. The summed E-state index contributed by atoms with van der Waals surface area (Å²) in [5, 5.41) is 2.51. The van der Waals surface area contributed by atoms with Crippen molar-refractivity contribution in [2.75, 3.05) is 18.5 Å². The molecule has 5 nitrogen and oxygen atoms in total. The molecule has 0 bridgehead atoms. The van der Waals surface area contributed by atoms with Crippen molar-refractivity contribution in [3.05, 3.63) is 83.6 Å². The monoisotopic (exact) mass is 413 g/mol. The maximum Gasteiger partial charge on any atom is 0.344 e. The zero-order valence-corrected chi connectivity index (χ0v) is 16.0. The van der Waals surface area contributed by atoms with Gasteiger partial charge in [0, 0.05) is 10.6 Å². The molecular weight excluding hydrogens is 397 g/mol. The van der Waals surface area contributed by atoms with Gasteiger partial charge >= 0.3 is 5.97 Å². The predicted molar refractivity (Wildman–Crippen MR) is 108 cm³/mol. The van der Waals surface area contributed by atoms with E-state index in [1.54, 1.807) is 12.1 Å². The van der Waals surface area contributed by atoms with Gasteiger partial charge in [0.05, 0.1) is 5.69 Å². The van der Waals surface area contributed by atoms with Gasteiger partial charge in [-0.25, -0.2) is 9.18 Å². The molecule has 0 aliphatic heterocycles. The van der Waals surface area contributed by atoms with Crippen molar-refractivity contribution in [2.45, 2.75) is 0 Å². The minimum atomic E-state index is -0.723. The van der Waals surface area contributed by atoms with Crippen molar-refractivity contribution in [1.29, 1.82) is 0 Å². The quantitative estimate of drug-likeness (QED) is 0.570. The van der Waals surface area contributed by atoms with Crippen LogP contribution in [0.25, 0.3) is 11.1 Å². The molecule has 0 fully saturated rings. The van der Waals surface area contributed by atoms with Crippen LogP contribution in [0.1, 0.15) is 0 Å². The van der Waals surface area contributed by atoms with Crippen LogP contribution in [0.3, 0.4) is 0 Å². The molecule has 0 saturated carbocycles. The molecule has 0 radical (unpaired) electrons. The normalized spacial score (nSPS) is 10.3. The van der Waals surface area contributed by atoms with Gasteiger partial charge in [-0.3, -0.25) is 4.79 Å². The van der Waals surface area contributed by atoms with E-state index >= 15 is 0 Å². The van der Waals surface area contributed by atoms with E-state index in [0.717, 1.165) is 17.2 Å². The van der Waals surface area contributed by atoms with Gasteiger partial charge in [0.25, 0.3) is 5.91 Å². The molecule has 29 heavy (non-hydrogen) atoms. The van der Waals surface area contributed by atoms with Gasteiger partial charge in [-0.15, -0.1) is 0 Å². The van der Waals surface area contributed by atoms with Gasteiger partial charge in [0.2, 0.25) is 0 Å². The van der Waals surface area contributed by atoms with Crippen molar-refractivity contribution in [3.63, 3.8) is 0 Å². The third-order valence-corrected chi connectivity index (χ3v) is 4.12. The molecule has 0 atom stereocenters. The summed E-state index contributed by atoms with van der Waals surface area (Å²) in [5.41, 5.74) is 1.72. The van der Waals surface area contributed by atoms with Crippen LogP contribution < -0.4 is 10.1 Å². The SMILES string of the molecule is O=C(COC(=O)COc1ccccc1-c1ccccc1)Nc1ccc(Cl)cc1F. The van der Waals surface area contributed by atoms with Gasteiger partial charge in [-0.05, 0) is 29.8 Å². The number of halogens is 2. The molecule has 0 aliphatic rings. The van der Waals surface area contributed by atoms with Crippen LogP contribution in [0.4, 0.5) is 10.1 Å². The lowest BCUT2D eigenvalue weighted by atomic mass is 10.1. The van der Waals surface area contributed by atoms with Crippen LogP contribution in [0.5, 0.6) is 5.75 Å². The van der Waals surface area contributed by atoms with Crippen molar-refractivity contribution in [1.82, 2.24) is 0 Å². The first-order chi connectivity index (χ1) is 14.0. The van der Waals surface area contributed by atoms with E-state index in [0.29, 0.717) is 5.75 Å². The number of amides is 1. The number of carbonyl (C=O) groups excluding carboxylic acids is 2. The molecule has 3 aromatic carbocycles. The number of benzene rings is 3. The largest absolute Gasteiger partial charge is 0.481 e. The van der Waals surface area contributed by atoms with Crippen LogP contribution >= 0.6 is 11.6 Å². The van der Waals surface area contributed by atoms with Crippen LogP contribution in [0.2, 0.25) is 5.02 Å². The highest BCUT2D eigenvalue weighted by Crippen LogP contribution is 2.29. The Labute approximate surface area is 172 Å². The lowest BCUT2D eigenvalue weighted by Gasteiger charge is -2.11. The number of hydrogen-bond acceptors (Lipinski definition) is 4. The van der Waals surface area contributed by atoms with E-state index in [1.165, 1.54) is 12.1 Å². The standard InChI is InChI=1S/C22H17ClFNO4/c23-16-10-11-19(18(24)12-16)25-21(26)13-29-22(27)14-28-20-9-5-4-8-17(20)15-6-2-1-3-7-15/h1-12H,13-14H2,(H,25,26). The van der Waals surface area contributed by atoms with Gasteiger partial charge < -0.3 is 14.8 Å². The Bertz CT molecular complexity index is 1010. The van der Waals surface area contributed by atoms with Crippen LogP contribution in [-0.4, -0.2) is 25.1 Å². The van der Waals surface area contributed by atoms with Gasteiger partial charge in [0.15, 0.2) is 13.2 Å². The Hall–Kier alpha value is -3.38. The molecule has 0 spiro atoms. The second-order valence-electron chi connectivity index (χ2n) is 5.98. The lowest BCUT2D eigenvalue weighted by Crippen LogP contribution is -2.24. The Morgan fingerprint density at radius 3 is 2.41 bits per heavy atom. The van der Waals surface area contributed by atoms with Crippen molar-refractivity contribution in [2.24, 2.45) is 0 Å². The molecule has 0 heterocycles. The molecule has 3 aromatic rings. The fraction of sp³-hybridized carbons (Fsp3) is 0.0909. The second kappa shape index (κ2) is 9.71. The number of ether oxygens (including phenoxy) is 2. The van der Waals surface area contributed by atoms with Crippen LogP contribution in [0.15, 0.2) is 72.8 Å². The number of rotatable bonds is 7. The Balaban J connectivity index is 1.51.